The van der Waals surface area contributed by atoms with Crippen molar-refractivity contribution >= 4 is 11.6 Å². The third-order valence-electron chi connectivity index (χ3n) is 0. The van der Waals surface area contributed by atoms with E-state index in [4.69, 9.17) is 11.6 Å². The molecule has 2 heteroatoms. The van der Waals surface area contributed by atoms with Crippen molar-refractivity contribution < 1.29 is 17.1 Å². The van der Waals surface area contributed by atoms with E-state index in [1.807, 2.05) is 20.8 Å². The minimum atomic E-state index is -0.0278. The monoisotopic (exact) mass is 155 g/mol. The molecule has 0 aromatic carbocycles. The zero-order valence-corrected chi connectivity index (χ0v) is 5.88. The molecule has 0 heterocycles. The van der Waals surface area contributed by atoms with Crippen LogP contribution in [0.3, 0.4) is 0 Å². The van der Waals surface area contributed by atoms with Gasteiger partial charge in [0.15, 0.2) is 0 Å². The number of hydrogen-bond donors (Lipinski definition) is 0. The van der Waals surface area contributed by atoms with Crippen molar-refractivity contribution in [2.24, 2.45) is 0 Å². The maximum absolute atomic E-state index is 5.53. The van der Waals surface area contributed by atoms with Crippen molar-refractivity contribution in [3.63, 3.8) is 0 Å². The van der Waals surface area contributed by atoms with Gasteiger partial charge in [-0.25, -0.2) is 0 Å². The number of rotatable bonds is 0. The Morgan fingerprint density at radius 3 is 1.17 bits per heavy atom. The Morgan fingerprint density at radius 2 is 1.17 bits per heavy atom. The van der Waals surface area contributed by atoms with Crippen LogP contribution >= 0.6 is 11.6 Å². The number of hydrogen-bond acceptors (Lipinski definition) is 0. The minimum Gasteiger partial charge on any atom is -0.120 e. The summed E-state index contributed by atoms with van der Waals surface area (Å²) in [6, 6.07) is 0. The smallest absolute Gasteiger partial charge is 0.0362 e. The third kappa shape index (κ3) is 107. The molecule has 0 saturated carbocycles. The summed E-state index contributed by atoms with van der Waals surface area (Å²) in [5.41, 5.74) is 0. The number of halogens is 1. The Hall–Kier alpha value is 0.809. The van der Waals surface area contributed by atoms with Gasteiger partial charge in [-0.1, -0.05) is 0 Å². The Bertz CT molecular complexity index is 23.0. The summed E-state index contributed by atoms with van der Waals surface area (Å²) in [6.45, 7) is 5.86. The molecular formula is C4H9ClCu. The van der Waals surface area contributed by atoms with Gasteiger partial charge in [-0.3, -0.25) is 0 Å². The van der Waals surface area contributed by atoms with Crippen LogP contribution in [0.1, 0.15) is 20.8 Å². The summed E-state index contributed by atoms with van der Waals surface area (Å²) in [7, 11) is 0. The van der Waals surface area contributed by atoms with Crippen LogP contribution in [0.15, 0.2) is 0 Å². The van der Waals surface area contributed by atoms with Crippen LogP contribution in [0.25, 0.3) is 0 Å². The van der Waals surface area contributed by atoms with E-state index in [1.54, 1.807) is 0 Å². The first-order valence-electron chi connectivity index (χ1n) is 1.69. The summed E-state index contributed by atoms with van der Waals surface area (Å²) in [5.74, 6) is 0. The van der Waals surface area contributed by atoms with Crippen LogP contribution < -0.4 is 0 Å². The van der Waals surface area contributed by atoms with Gasteiger partial charge in [-0.05, 0) is 20.8 Å². The van der Waals surface area contributed by atoms with Gasteiger partial charge in [0.25, 0.3) is 0 Å². The molecule has 0 N–H and O–H groups in total. The first-order chi connectivity index (χ1) is 2.00. The van der Waals surface area contributed by atoms with Gasteiger partial charge in [0.05, 0.1) is 0 Å². The molecule has 0 aliphatic heterocycles. The summed E-state index contributed by atoms with van der Waals surface area (Å²) >= 11 is 5.53. The molecule has 0 amide bonds. The second kappa shape index (κ2) is 2.90. The zero-order valence-electron chi connectivity index (χ0n) is 4.18. The summed E-state index contributed by atoms with van der Waals surface area (Å²) in [4.78, 5) is -0.0278. The van der Waals surface area contributed by atoms with E-state index in [2.05, 4.69) is 0 Å². The molecule has 0 unspecified atom stereocenters. The molecule has 0 fully saturated rings. The van der Waals surface area contributed by atoms with Crippen LogP contribution in [-0.4, -0.2) is 4.87 Å². The van der Waals surface area contributed by atoms with Crippen molar-refractivity contribution in [1.29, 1.82) is 0 Å². The van der Waals surface area contributed by atoms with E-state index >= 15 is 0 Å². The van der Waals surface area contributed by atoms with E-state index in [9.17, 15) is 0 Å². The van der Waals surface area contributed by atoms with E-state index in [0.717, 1.165) is 0 Å². The predicted octanol–water partition coefficient (Wildman–Crippen LogP) is 2.02. The average Bonchev–Trinajstić information content (AvgIpc) is 0.722. The van der Waals surface area contributed by atoms with Gasteiger partial charge in [0.2, 0.25) is 0 Å². The Morgan fingerprint density at radius 1 is 1.17 bits per heavy atom. The van der Waals surface area contributed by atoms with Crippen molar-refractivity contribution in [1.82, 2.24) is 0 Å². The Kier molecular flexibility index (Phi) is 4.80. The molecule has 6 heavy (non-hydrogen) atoms. The Labute approximate surface area is 54.7 Å². The molecule has 43 valence electrons. The summed E-state index contributed by atoms with van der Waals surface area (Å²) in [5, 5.41) is 0. The predicted molar refractivity (Wildman–Crippen MR) is 25.6 cm³/mol. The fourth-order valence-corrected chi connectivity index (χ4v) is 0. The molecule has 0 atom stereocenters. The standard InChI is InChI=1S/C4H9Cl.Cu/c1-4(2,3)5;/h1-3H3;. The minimum absolute atomic E-state index is 0. The van der Waals surface area contributed by atoms with Gasteiger partial charge < -0.3 is 0 Å². The van der Waals surface area contributed by atoms with Crippen LogP contribution in [0, 0.1) is 0 Å². The number of alkyl halides is 1. The summed E-state index contributed by atoms with van der Waals surface area (Å²) < 4.78 is 0. The first kappa shape index (κ1) is 9.94. The van der Waals surface area contributed by atoms with Gasteiger partial charge in [0, 0.05) is 21.9 Å². The van der Waals surface area contributed by atoms with Crippen LogP contribution in [0.5, 0.6) is 0 Å². The second-order valence-corrected chi connectivity index (χ2v) is 3.20. The fraction of sp³-hybridized carbons (Fsp3) is 1.00. The second-order valence-electron chi connectivity index (χ2n) is 2.07. The van der Waals surface area contributed by atoms with E-state index in [-0.39, 0.29) is 21.9 Å². The topological polar surface area (TPSA) is 0 Å². The van der Waals surface area contributed by atoms with Gasteiger partial charge >= 0.3 is 0 Å². The average molecular weight is 156 g/mol. The summed E-state index contributed by atoms with van der Waals surface area (Å²) in [6.07, 6.45) is 0. The van der Waals surface area contributed by atoms with E-state index in [1.165, 1.54) is 0 Å². The van der Waals surface area contributed by atoms with Crippen molar-refractivity contribution in [3.05, 3.63) is 0 Å². The molecule has 0 nitrogen and oxygen atoms in total. The fourth-order valence-electron chi connectivity index (χ4n) is 0. The van der Waals surface area contributed by atoms with Gasteiger partial charge in [0.1, 0.15) is 0 Å². The van der Waals surface area contributed by atoms with Gasteiger partial charge in [-0.15, -0.1) is 11.6 Å². The molecular weight excluding hydrogens is 147 g/mol. The van der Waals surface area contributed by atoms with Crippen molar-refractivity contribution in [3.8, 4) is 0 Å². The molecule has 0 aromatic rings. The molecule has 0 aliphatic rings. The largest absolute Gasteiger partial charge is 0.120 e. The molecule has 0 spiro atoms. The van der Waals surface area contributed by atoms with E-state index < -0.39 is 0 Å². The molecule has 0 aromatic heterocycles. The molecule has 0 aliphatic carbocycles. The third-order valence-corrected chi connectivity index (χ3v) is 0. The zero-order chi connectivity index (χ0) is 4.50. The van der Waals surface area contributed by atoms with Crippen LogP contribution in [-0.2, 0) is 17.1 Å². The SMILES string of the molecule is CC(C)(C)Cl.[Cu]. The maximum Gasteiger partial charge on any atom is 0.0362 e. The van der Waals surface area contributed by atoms with Crippen molar-refractivity contribution in [2.45, 2.75) is 25.6 Å². The van der Waals surface area contributed by atoms with Crippen LogP contribution in [0.4, 0.5) is 0 Å². The molecule has 1 radical (unpaired) electrons. The van der Waals surface area contributed by atoms with Gasteiger partial charge in [-0.2, -0.15) is 0 Å². The Balaban J connectivity index is 0. The van der Waals surface area contributed by atoms with Crippen molar-refractivity contribution in [2.75, 3.05) is 0 Å². The maximum atomic E-state index is 5.53. The van der Waals surface area contributed by atoms with Crippen LogP contribution in [0.2, 0.25) is 0 Å². The molecule has 0 bridgehead atoms. The quantitative estimate of drug-likeness (QED) is 0.372. The van der Waals surface area contributed by atoms with E-state index in [0.29, 0.717) is 0 Å². The molecule has 0 saturated heterocycles. The first-order valence-corrected chi connectivity index (χ1v) is 2.07. The molecule has 0 rings (SSSR count). The normalized spacial score (nSPS) is 10.0.